The lowest BCUT2D eigenvalue weighted by molar-refractivity contribution is 0.306. The number of benzene rings is 1. The number of anilines is 1. The Balaban J connectivity index is 1.74. The van der Waals surface area contributed by atoms with Crippen LogP contribution in [0.3, 0.4) is 0 Å². The minimum atomic E-state index is 0.439. The van der Waals surface area contributed by atoms with E-state index in [1.54, 1.807) is 0 Å². The number of nitrogens with one attached hydrogen (secondary N) is 1. The van der Waals surface area contributed by atoms with Gasteiger partial charge in [-0.1, -0.05) is 31.9 Å². The van der Waals surface area contributed by atoms with E-state index in [0.29, 0.717) is 11.4 Å². The highest BCUT2D eigenvalue weighted by Gasteiger charge is 2.31. The molecule has 1 N–H and O–H groups in total. The minimum Gasteiger partial charge on any atom is -0.352 e. The topological polar surface area (TPSA) is 50.7 Å². The second-order valence-corrected chi connectivity index (χ2v) is 5.54. The van der Waals surface area contributed by atoms with E-state index in [0.717, 1.165) is 17.6 Å². The lowest BCUT2D eigenvalue weighted by atomic mass is 9.83. The van der Waals surface area contributed by atoms with E-state index in [1.807, 2.05) is 24.3 Å². The summed E-state index contributed by atoms with van der Waals surface area (Å²) in [7, 11) is 0. The first-order valence-electron chi connectivity index (χ1n) is 7.15. The highest BCUT2D eigenvalue weighted by atomic mass is 15.2. The van der Waals surface area contributed by atoms with Crippen molar-refractivity contribution in [3.63, 3.8) is 0 Å². The van der Waals surface area contributed by atoms with E-state index in [-0.39, 0.29) is 0 Å². The molecule has 0 radical (unpaired) electrons. The summed E-state index contributed by atoms with van der Waals surface area (Å²) < 4.78 is 0. The van der Waals surface area contributed by atoms with Gasteiger partial charge in [0.25, 0.3) is 0 Å². The van der Waals surface area contributed by atoms with Crippen molar-refractivity contribution in [1.82, 2.24) is 15.2 Å². The largest absolute Gasteiger partial charge is 0.352 e. The first-order chi connectivity index (χ1) is 9.31. The highest BCUT2D eigenvalue weighted by molar-refractivity contribution is 5.73. The van der Waals surface area contributed by atoms with Gasteiger partial charge in [-0.05, 0) is 36.8 Å². The SMILES string of the molecule is CCC1(CNc2nnc3ccccc3n2)CCCC1. The van der Waals surface area contributed by atoms with E-state index in [2.05, 4.69) is 27.4 Å². The highest BCUT2D eigenvalue weighted by Crippen LogP contribution is 2.40. The number of hydrogen-bond acceptors (Lipinski definition) is 4. The molecule has 100 valence electrons. The Morgan fingerprint density at radius 2 is 1.84 bits per heavy atom. The van der Waals surface area contributed by atoms with E-state index >= 15 is 0 Å². The van der Waals surface area contributed by atoms with Crippen LogP contribution < -0.4 is 5.32 Å². The molecule has 1 fully saturated rings. The Bertz CT molecular complexity index is 561. The van der Waals surface area contributed by atoms with Gasteiger partial charge in [-0.3, -0.25) is 0 Å². The molecule has 1 heterocycles. The fraction of sp³-hybridized carbons (Fsp3) is 0.533. The van der Waals surface area contributed by atoms with Crippen LogP contribution in [0.1, 0.15) is 39.0 Å². The predicted octanol–water partition coefficient (Wildman–Crippen LogP) is 3.41. The Hall–Kier alpha value is -1.71. The maximum atomic E-state index is 4.52. The maximum Gasteiger partial charge on any atom is 0.243 e. The average Bonchev–Trinajstić information content (AvgIpc) is 2.94. The molecule has 19 heavy (non-hydrogen) atoms. The molecule has 0 unspecified atom stereocenters. The fourth-order valence-corrected chi connectivity index (χ4v) is 3.00. The number of hydrogen-bond donors (Lipinski definition) is 1. The van der Waals surface area contributed by atoms with Gasteiger partial charge < -0.3 is 5.32 Å². The van der Waals surface area contributed by atoms with Crippen molar-refractivity contribution in [2.75, 3.05) is 11.9 Å². The third kappa shape index (κ3) is 2.53. The van der Waals surface area contributed by atoms with Crippen LogP contribution in [0.2, 0.25) is 0 Å². The predicted molar refractivity (Wildman–Crippen MR) is 77.0 cm³/mol. The maximum absolute atomic E-state index is 4.52. The summed E-state index contributed by atoms with van der Waals surface area (Å²) in [5.41, 5.74) is 2.19. The molecule has 1 saturated carbocycles. The van der Waals surface area contributed by atoms with E-state index in [4.69, 9.17) is 0 Å². The van der Waals surface area contributed by atoms with Crippen LogP contribution in [-0.2, 0) is 0 Å². The van der Waals surface area contributed by atoms with Gasteiger partial charge in [0, 0.05) is 6.54 Å². The molecule has 1 aromatic carbocycles. The number of nitrogens with zero attached hydrogens (tertiary/aromatic N) is 3. The van der Waals surface area contributed by atoms with Crippen molar-refractivity contribution < 1.29 is 0 Å². The first-order valence-corrected chi connectivity index (χ1v) is 7.15. The molecular weight excluding hydrogens is 236 g/mol. The summed E-state index contributed by atoms with van der Waals surface area (Å²) in [5.74, 6) is 0.651. The average molecular weight is 256 g/mol. The fourth-order valence-electron chi connectivity index (χ4n) is 3.00. The summed E-state index contributed by atoms with van der Waals surface area (Å²) in [6.45, 7) is 3.25. The van der Waals surface area contributed by atoms with Crippen LogP contribution in [-0.4, -0.2) is 21.7 Å². The number of para-hydroxylation sites is 1. The molecule has 4 heteroatoms. The molecule has 3 rings (SSSR count). The summed E-state index contributed by atoms with van der Waals surface area (Å²) in [4.78, 5) is 4.52. The number of aromatic nitrogens is 3. The lowest BCUT2D eigenvalue weighted by Crippen LogP contribution is -2.26. The van der Waals surface area contributed by atoms with Crippen molar-refractivity contribution in [1.29, 1.82) is 0 Å². The van der Waals surface area contributed by atoms with E-state index in [1.165, 1.54) is 32.1 Å². The van der Waals surface area contributed by atoms with Gasteiger partial charge in [0.05, 0.1) is 5.52 Å². The molecule has 1 aliphatic rings. The van der Waals surface area contributed by atoms with Crippen molar-refractivity contribution in [2.45, 2.75) is 39.0 Å². The zero-order valence-electron chi connectivity index (χ0n) is 11.4. The Kier molecular flexibility index (Phi) is 3.32. The van der Waals surface area contributed by atoms with Gasteiger partial charge in [-0.2, -0.15) is 0 Å². The molecule has 0 saturated heterocycles. The molecule has 0 atom stereocenters. The van der Waals surface area contributed by atoms with Gasteiger partial charge >= 0.3 is 0 Å². The third-order valence-corrected chi connectivity index (χ3v) is 4.40. The Labute approximate surface area is 113 Å². The lowest BCUT2D eigenvalue weighted by Gasteiger charge is -2.27. The van der Waals surface area contributed by atoms with Crippen LogP contribution in [0.5, 0.6) is 0 Å². The zero-order chi connectivity index (χ0) is 13.1. The number of fused-ring (bicyclic) bond motifs is 1. The zero-order valence-corrected chi connectivity index (χ0v) is 11.4. The standard InChI is InChI=1S/C15H20N4/c1-2-15(9-5-6-10-15)11-16-14-17-12-7-3-4-8-13(12)18-19-14/h3-4,7-8H,2,5-6,9-11H2,1H3,(H,16,17,19). The monoisotopic (exact) mass is 256 g/mol. The quantitative estimate of drug-likeness (QED) is 0.910. The van der Waals surface area contributed by atoms with Crippen molar-refractivity contribution in [2.24, 2.45) is 5.41 Å². The summed E-state index contributed by atoms with van der Waals surface area (Å²) >= 11 is 0. The molecule has 1 aromatic heterocycles. The first kappa shape index (κ1) is 12.3. The second-order valence-electron chi connectivity index (χ2n) is 5.54. The van der Waals surface area contributed by atoms with Gasteiger partial charge in [-0.15, -0.1) is 10.2 Å². The van der Waals surface area contributed by atoms with Crippen molar-refractivity contribution in [3.05, 3.63) is 24.3 Å². The Morgan fingerprint density at radius 1 is 1.11 bits per heavy atom. The van der Waals surface area contributed by atoms with Crippen LogP contribution in [0.25, 0.3) is 11.0 Å². The molecular formula is C15H20N4. The molecule has 0 bridgehead atoms. The second kappa shape index (κ2) is 5.11. The normalized spacial score (nSPS) is 17.7. The van der Waals surface area contributed by atoms with Gasteiger partial charge in [0.2, 0.25) is 5.95 Å². The van der Waals surface area contributed by atoms with E-state index < -0.39 is 0 Å². The van der Waals surface area contributed by atoms with Gasteiger partial charge in [-0.25, -0.2) is 4.98 Å². The minimum absolute atomic E-state index is 0.439. The van der Waals surface area contributed by atoms with E-state index in [9.17, 15) is 0 Å². The van der Waals surface area contributed by atoms with Crippen LogP contribution in [0, 0.1) is 5.41 Å². The number of rotatable bonds is 4. The third-order valence-electron chi connectivity index (χ3n) is 4.40. The van der Waals surface area contributed by atoms with Crippen LogP contribution in [0.4, 0.5) is 5.95 Å². The summed E-state index contributed by atoms with van der Waals surface area (Å²) in [5, 5.41) is 11.7. The van der Waals surface area contributed by atoms with Gasteiger partial charge in [0.1, 0.15) is 5.52 Å². The van der Waals surface area contributed by atoms with Crippen LogP contribution in [0.15, 0.2) is 24.3 Å². The van der Waals surface area contributed by atoms with Crippen molar-refractivity contribution >= 4 is 17.0 Å². The molecule has 4 nitrogen and oxygen atoms in total. The molecule has 2 aromatic rings. The summed E-state index contributed by atoms with van der Waals surface area (Å²) in [6.07, 6.45) is 6.56. The van der Waals surface area contributed by atoms with Crippen LogP contribution >= 0.6 is 0 Å². The molecule has 0 amide bonds. The smallest absolute Gasteiger partial charge is 0.243 e. The molecule has 0 spiro atoms. The Morgan fingerprint density at radius 3 is 2.58 bits per heavy atom. The summed E-state index contributed by atoms with van der Waals surface area (Å²) in [6, 6.07) is 7.84. The van der Waals surface area contributed by atoms with Crippen molar-refractivity contribution in [3.8, 4) is 0 Å². The molecule has 1 aliphatic carbocycles. The van der Waals surface area contributed by atoms with Gasteiger partial charge in [0.15, 0.2) is 0 Å². The molecule has 0 aliphatic heterocycles.